The first kappa shape index (κ1) is 7.39. The second-order valence-corrected chi connectivity index (χ2v) is 2.24. The second-order valence-electron chi connectivity index (χ2n) is 0.961. The molecule has 0 fully saturated rings. The molecule has 2 N–H and O–H groups in total. The van der Waals surface area contributed by atoms with Crippen LogP contribution in [0.3, 0.4) is 0 Å². The molecule has 0 heterocycles. The average Bonchev–Trinajstić information content (AvgIpc) is 1.61. The van der Waals surface area contributed by atoms with Crippen molar-refractivity contribution in [1.29, 1.82) is 0 Å². The van der Waals surface area contributed by atoms with E-state index in [-0.39, 0.29) is 6.61 Å². The van der Waals surface area contributed by atoms with E-state index in [9.17, 15) is 0 Å². The minimum Gasteiger partial charge on any atom is -0.403 e. The van der Waals surface area contributed by atoms with Crippen molar-refractivity contribution in [1.82, 2.24) is 0 Å². The predicted molar refractivity (Wildman–Crippen MR) is 28.6 cm³/mol. The van der Waals surface area contributed by atoms with Gasteiger partial charge in [0.25, 0.3) is 9.07 Å². The van der Waals surface area contributed by atoms with E-state index in [1.54, 1.807) is 0 Å². The number of rotatable bonds is 3. The van der Waals surface area contributed by atoms with Gasteiger partial charge in [0.1, 0.15) is 0 Å². The van der Waals surface area contributed by atoms with Crippen LogP contribution in [0, 0.1) is 0 Å². The minimum atomic E-state index is -1.37. The number of halogens is 1. The lowest BCUT2D eigenvalue weighted by atomic mass is 10.7. The predicted octanol–water partition coefficient (Wildman–Crippen LogP) is -1.45. The molecule has 0 unspecified atom stereocenters. The Bertz CT molecular complexity index is 41.9. The number of hydrogen-bond acceptors (Lipinski definition) is 3. The molecule has 44 valence electrons. The summed E-state index contributed by atoms with van der Waals surface area (Å²) in [6.07, 6.45) is -1.37. The van der Waals surface area contributed by atoms with Crippen molar-refractivity contribution < 1.29 is 14.6 Å². The first-order valence-electron chi connectivity index (χ1n) is 1.77. The molecule has 0 amide bonds. The largest absolute Gasteiger partial charge is 0.403 e. The van der Waals surface area contributed by atoms with Crippen molar-refractivity contribution in [2.75, 3.05) is 6.61 Å². The molecule has 0 atom stereocenters. The molecule has 0 aromatic heterocycles. The first-order valence-corrected chi connectivity index (χ1v) is 4.48. The molecule has 0 saturated carbocycles. The van der Waals surface area contributed by atoms with Crippen molar-refractivity contribution in [3.8, 4) is 0 Å². The van der Waals surface area contributed by atoms with Gasteiger partial charge in [0.15, 0.2) is 6.29 Å². The molecular weight excluding hydrogens is 136 g/mol. The van der Waals surface area contributed by atoms with Crippen LogP contribution in [-0.4, -0.2) is 32.2 Å². The highest BCUT2D eigenvalue weighted by Gasteiger charge is 1.92. The van der Waals surface area contributed by atoms with Crippen molar-refractivity contribution in [3.05, 3.63) is 0 Å². The van der Waals surface area contributed by atoms with Crippen LogP contribution in [0.25, 0.3) is 0 Å². The summed E-state index contributed by atoms with van der Waals surface area (Å²) in [5.41, 5.74) is 0. The van der Waals surface area contributed by atoms with Crippen LogP contribution in [0.5, 0.6) is 0 Å². The van der Waals surface area contributed by atoms with Crippen molar-refractivity contribution >= 4 is 20.2 Å². The zero-order valence-corrected chi connectivity index (χ0v) is 5.84. The highest BCUT2D eigenvalue weighted by atomic mass is 35.6. The van der Waals surface area contributed by atoms with Crippen LogP contribution in [0.2, 0.25) is 0 Å². The summed E-state index contributed by atoms with van der Waals surface area (Å²) in [6.45, 7) is -0.0598. The van der Waals surface area contributed by atoms with Gasteiger partial charge in [-0.15, -0.1) is 11.1 Å². The standard InChI is InChI=1S/C2H7ClO3Si/c3-7-6-1-2(4)5/h2,4-5H,1,7H2. The Morgan fingerprint density at radius 3 is 2.43 bits per heavy atom. The van der Waals surface area contributed by atoms with Gasteiger partial charge < -0.3 is 14.6 Å². The van der Waals surface area contributed by atoms with Crippen LogP contribution < -0.4 is 0 Å². The Morgan fingerprint density at radius 1 is 1.71 bits per heavy atom. The highest BCUT2D eigenvalue weighted by molar-refractivity contribution is 6.89. The Labute approximate surface area is 48.5 Å². The Kier molecular flexibility index (Phi) is 4.79. The molecule has 0 rings (SSSR count). The molecule has 3 nitrogen and oxygen atoms in total. The lowest BCUT2D eigenvalue weighted by molar-refractivity contribution is -0.0671. The molecule has 0 radical (unpaired) electrons. The van der Waals surface area contributed by atoms with Gasteiger partial charge >= 0.3 is 0 Å². The molecule has 0 spiro atoms. The molecule has 5 heteroatoms. The summed E-state index contributed by atoms with van der Waals surface area (Å²) in [7, 11) is -0.977. The molecular formula is C2H7ClO3Si. The molecule has 0 bridgehead atoms. The summed E-state index contributed by atoms with van der Waals surface area (Å²) < 4.78 is 4.50. The van der Waals surface area contributed by atoms with Gasteiger partial charge in [0.2, 0.25) is 0 Å². The summed E-state index contributed by atoms with van der Waals surface area (Å²) in [4.78, 5) is 0. The van der Waals surface area contributed by atoms with Gasteiger partial charge in [0.05, 0.1) is 6.61 Å². The summed E-state index contributed by atoms with van der Waals surface area (Å²) >= 11 is 5.14. The molecule has 0 aromatic carbocycles. The molecule has 0 aromatic rings. The van der Waals surface area contributed by atoms with Crippen LogP contribution in [0.15, 0.2) is 0 Å². The van der Waals surface area contributed by atoms with E-state index in [0.29, 0.717) is 0 Å². The Balaban J connectivity index is 2.68. The van der Waals surface area contributed by atoms with Gasteiger partial charge in [-0.1, -0.05) is 0 Å². The third-order valence-electron chi connectivity index (χ3n) is 0.344. The van der Waals surface area contributed by atoms with Crippen LogP contribution in [0.4, 0.5) is 0 Å². The quantitative estimate of drug-likeness (QED) is 0.288. The SMILES string of the molecule is OC(O)CO[SiH2]Cl. The summed E-state index contributed by atoms with van der Waals surface area (Å²) in [6, 6.07) is 0. The Hall–Kier alpha value is 0.387. The Morgan fingerprint density at radius 2 is 2.29 bits per heavy atom. The van der Waals surface area contributed by atoms with E-state index in [0.717, 1.165) is 0 Å². The van der Waals surface area contributed by atoms with E-state index in [2.05, 4.69) is 4.43 Å². The van der Waals surface area contributed by atoms with Gasteiger partial charge in [-0.05, 0) is 0 Å². The lowest BCUT2D eigenvalue weighted by Crippen LogP contribution is -2.13. The zero-order valence-electron chi connectivity index (χ0n) is 3.67. The van der Waals surface area contributed by atoms with Crippen LogP contribution in [-0.2, 0) is 4.43 Å². The molecule has 7 heavy (non-hydrogen) atoms. The highest BCUT2D eigenvalue weighted by Crippen LogP contribution is 1.77. The number of aliphatic hydroxyl groups excluding tert-OH is 1. The van der Waals surface area contributed by atoms with Gasteiger partial charge in [-0.3, -0.25) is 0 Å². The van der Waals surface area contributed by atoms with Gasteiger partial charge in [-0.25, -0.2) is 0 Å². The van der Waals surface area contributed by atoms with Crippen molar-refractivity contribution in [2.45, 2.75) is 6.29 Å². The first-order chi connectivity index (χ1) is 3.27. The second kappa shape index (κ2) is 4.54. The minimum absolute atomic E-state index is 0.0598. The topological polar surface area (TPSA) is 49.7 Å². The molecule has 0 saturated heterocycles. The third kappa shape index (κ3) is 6.39. The summed E-state index contributed by atoms with van der Waals surface area (Å²) in [5, 5.41) is 16.2. The fourth-order valence-electron chi connectivity index (χ4n) is 0.150. The van der Waals surface area contributed by atoms with E-state index in [1.807, 2.05) is 0 Å². The number of hydrogen-bond donors (Lipinski definition) is 2. The smallest absolute Gasteiger partial charge is 0.258 e. The fraction of sp³-hybridized carbons (Fsp3) is 1.00. The maximum atomic E-state index is 8.08. The van der Waals surface area contributed by atoms with E-state index in [4.69, 9.17) is 21.3 Å². The van der Waals surface area contributed by atoms with Crippen LogP contribution >= 0.6 is 11.1 Å². The third-order valence-corrected chi connectivity index (χ3v) is 1.20. The molecule has 0 aliphatic carbocycles. The van der Waals surface area contributed by atoms with E-state index < -0.39 is 15.4 Å². The summed E-state index contributed by atoms with van der Waals surface area (Å²) in [5.74, 6) is 0. The lowest BCUT2D eigenvalue weighted by Gasteiger charge is -1.99. The fourth-order valence-corrected chi connectivity index (χ4v) is 0.717. The maximum Gasteiger partial charge on any atom is 0.258 e. The van der Waals surface area contributed by atoms with Gasteiger partial charge in [-0.2, -0.15) is 0 Å². The van der Waals surface area contributed by atoms with E-state index in [1.165, 1.54) is 0 Å². The van der Waals surface area contributed by atoms with Crippen molar-refractivity contribution in [3.63, 3.8) is 0 Å². The van der Waals surface area contributed by atoms with Crippen LogP contribution in [0.1, 0.15) is 0 Å². The normalized spacial score (nSPS) is 12.0. The van der Waals surface area contributed by atoms with Crippen molar-refractivity contribution in [2.24, 2.45) is 0 Å². The molecule has 0 aliphatic rings. The zero-order chi connectivity index (χ0) is 5.70. The number of aliphatic hydroxyl groups is 2. The maximum absolute atomic E-state index is 8.08. The molecule has 0 aliphatic heterocycles. The monoisotopic (exact) mass is 142 g/mol. The van der Waals surface area contributed by atoms with Gasteiger partial charge in [0, 0.05) is 0 Å². The average molecular weight is 143 g/mol. The van der Waals surface area contributed by atoms with E-state index >= 15 is 0 Å².